The molecule has 0 aliphatic carbocycles. The van der Waals surface area contributed by atoms with Crippen LogP contribution in [0.5, 0.6) is 0 Å². The molecule has 1 amide bonds. The summed E-state index contributed by atoms with van der Waals surface area (Å²) in [5.41, 5.74) is 1.03. The van der Waals surface area contributed by atoms with Gasteiger partial charge in [-0.25, -0.2) is 4.79 Å². The van der Waals surface area contributed by atoms with Crippen molar-refractivity contribution >= 4 is 6.09 Å². The summed E-state index contributed by atoms with van der Waals surface area (Å²) in [4.78, 5) is 15.9. The molecule has 0 unspecified atom stereocenters. The molecule has 124 valence electrons. The third-order valence-corrected chi connectivity index (χ3v) is 4.81. The molecule has 1 aromatic rings. The average Bonchev–Trinajstić information content (AvgIpc) is 3.25. The minimum atomic E-state index is -0.186. The highest BCUT2D eigenvalue weighted by molar-refractivity contribution is 5.68. The van der Waals surface area contributed by atoms with E-state index in [4.69, 9.17) is 4.74 Å². The van der Waals surface area contributed by atoms with Crippen LogP contribution in [0.3, 0.4) is 0 Å². The van der Waals surface area contributed by atoms with E-state index < -0.39 is 0 Å². The first-order valence-electron chi connectivity index (χ1n) is 8.80. The van der Waals surface area contributed by atoms with E-state index in [1.807, 2.05) is 35.2 Å². The maximum absolute atomic E-state index is 12.3. The zero-order valence-electron chi connectivity index (χ0n) is 13.7. The number of nitrogens with zero attached hydrogens (tertiary/aromatic N) is 1. The van der Waals surface area contributed by atoms with E-state index in [0.717, 1.165) is 31.5 Å². The van der Waals surface area contributed by atoms with Gasteiger partial charge in [0.25, 0.3) is 0 Å². The van der Waals surface area contributed by atoms with Gasteiger partial charge in [-0.1, -0.05) is 36.4 Å². The highest BCUT2D eigenvalue weighted by Gasteiger charge is 2.28. The van der Waals surface area contributed by atoms with Gasteiger partial charge in [0.2, 0.25) is 0 Å². The Kier molecular flexibility index (Phi) is 5.70. The molecule has 2 heterocycles. The molecule has 2 aliphatic heterocycles. The largest absolute Gasteiger partial charge is 0.445 e. The Hall–Kier alpha value is -1.81. The fourth-order valence-electron chi connectivity index (χ4n) is 3.49. The highest BCUT2D eigenvalue weighted by atomic mass is 16.6. The average molecular weight is 315 g/mol. The van der Waals surface area contributed by atoms with Gasteiger partial charge in [0.1, 0.15) is 6.61 Å². The van der Waals surface area contributed by atoms with Crippen LogP contribution in [0.15, 0.2) is 42.5 Å². The SMILES string of the molecule is O=C(OCc1ccccc1)N1CCC[C@@H]1/C=C/C[NH+]1CCCC1. The molecular weight excluding hydrogens is 288 g/mol. The van der Waals surface area contributed by atoms with Gasteiger partial charge < -0.3 is 14.5 Å². The van der Waals surface area contributed by atoms with Crippen molar-refractivity contribution in [3.05, 3.63) is 48.0 Å². The molecule has 0 radical (unpaired) electrons. The molecule has 4 heteroatoms. The first kappa shape index (κ1) is 16.1. The van der Waals surface area contributed by atoms with Crippen LogP contribution in [0, 0.1) is 0 Å². The van der Waals surface area contributed by atoms with Crippen LogP contribution in [-0.4, -0.2) is 43.2 Å². The molecule has 0 aromatic heterocycles. The van der Waals surface area contributed by atoms with E-state index in [1.54, 1.807) is 4.90 Å². The van der Waals surface area contributed by atoms with Crippen LogP contribution in [-0.2, 0) is 11.3 Å². The third-order valence-electron chi connectivity index (χ3n) is 4.81. The van der Waals surface area contributed by atoms with Crippen molar-refractivity contribution in [2.24, 2.45) is 0 Å². The number of carbonyl (C=O) groups is 1. The lowest BCUT2D eigenvalue weighted by atomic mass is 10.2. The standard InChI is InChI=1S/C19H26N2O2/c22-19(23-16-17-8-2-1-3-9-17)21-15-7-11-18(21)10-6-14-20-12-4-5-13-20/h1-3,6,8-10,18H,4-5,7,11-16H2/p+1/b10-6+/t18-/m0/s1. The summed E-state index contributed by atoms with van der Waals surface area (Å²) in [7, 11) is 0. The van der Waals surface area contributed by atoms with Crippen LogP contribution in [0.1, 0.15) is 31.2 Å². The van der Waals surface area contributed by atoms with Crippen molar-refractivity contribution < 1.29 is 14.4 Å². The first-order chi connectivity index (χ1) is 11.3. The zero-order valence-corrected chi connectivity index (χ0v) is 13.7. The number of benzene rings is 1. The summed E-state index contributed by atoms with van der Waals surface area (Å²) in [5, 5.41) is 0. The van der Waals surface area contributed by atoms with E-state index in [2.05, 4.69) is 12.2 Å². The number of nitrogens with one attached hydrogen (secondary N) is 1. The Labute approximate surface area is 138 Å². The zero-order chi connectivity index (χ0) is 15.9. The number of likely N-dealkylation sites (tertiary alicyclic amines) is 2. The van der Waals surface area contributed by atoms with E-state index in [-0.39, 0.29) is 12.1 Å². The van der Waals surface area contributed by atoms with E-state index >= 15 is 0 Å². The molecule has 0 bridgehead atoms. The molecule has 1 aromatic carbocycles. The van der Waals surface area contributed by atoms with Gasteiger partial charge in [-0.15, -0.1) is 0 Å². The van der Waals surface area contributed by atoms with Gasteiger partial charge in [-0.3, -0.25) is 0 Å². The van der Waals surface area contributed by atoms with Gasteiger partial charge in [0.05, 0.1) is 25.7 Å². The van der Waals surface area contributed by atoms with Gasteiger partial charge in [-0.2, -0.15) is 0 Å². The number of amides is 1. The molecule has 1 N–H and O–H groups in total. The molecule has 2 saturated heterocycles. The molecule has 23 heavy (non-hydrogen) atoms. The maximum atomic E-state index is 12.3. The van der Waals surface area contributed by atoms with E-state index in [9.17, 15) is 4.79 Å². The van der Waals surface area contributed by atoms with Crippen molar-refractivity contribution in [1.82, 2.24) is 4.90 Å². The predicted molar refractivity (Wildman–Crippen MR) is 90.3 cm³/mol. The third kappa shape index (κ3) is 4.58. The minimum absolute atomic E-state index is 0.186. The van der Waals surface area contributed by atoms with Crippen molar-refractivity contribution in [1.29, 1.82) is 0 Å². The van der Waals surface area contributed by atoms with Crippen molar-refractivity contribution in [3.63, 3.8) is 0 Å². The molecule has 0 saturated carbocycles. The topological polar surface area (TPSA) is 34.0 Å². The Morgan fingerprint density at radius 3 is 2.78 bits per heavy atom. The molecular formula is C19H27N2O2+. The maximum Gasteiger partial charge on any atom is 0.410 e. The lowest BCUT2D eigenvalue weighted by molar-refractivity contribution is -0.881. The summed E-state index contributed by atoms with van der Waals surface area (Å²) >= 11 is 0. The molecule has 1 atom stereocenters. The summed E-state index contributed by atoms with van der Waals surface area (Å²) in [6.45, 7) is 4.82. The Bertz CT molecular complexity index is 523. The first-order valence-corrected chi connectivity index (χ1v) is 8.80. The highest BCUT2D eigenvalue weighted by Crippen LogP contribution is 2.19. The van der Waals surface area contributed by atoms with Crippen LogP contribution >= 0.6 is 0 Å². The Morgan fingerprint density at radius 2 is 2.00 bits per heavy atom. The van der Waals surface area contributed by atoms with Crippen LogP contribution in [0.25, 0.3) is 0 Å². The molecule has 2 aliphatic rings. The number of quaternary nitrogens is 1. The van der Waals surface area contributed by atoms with Crippen LogP contribution in [0.2, 0.25) is 0 Å². The summed E-state index contributed by atoms with van der Waals surface area (Å²) < 4.78 is 5.47. The van der Waals surface area contributed by atoms with Crippen molar-refractivity contribution in [2.45, 2.75) is 38.3 Å². The van der Waals surface area contributed by atoms with Gasteiger partial charge in [-0.05, 0) is 24.5 Å². The monoisotopic (exact) mass is 315 g/mol. The van der Waals surface area contributed by atoms with Crippen LogP contribution < -0.4 is 4.90 Å². The molecule has 2 fully saturated rings. The van der Waals surface area contributed by atoms with Crippen molar-refractivity contribution in [3.8, 4) is 0 Å². The normalized spacial score (nSPS) is 22.1. The number of ether oxygens (including phenoxy) is 1. The predicted octanol–water partition coefficient (Wildman–Crippen LogP) is 2.02. The number of hydrogen-bond acceptors (Lipinski definition) is 2. The second-order valence-corrected chi connectivity index (χ2v) is 6.53. The number of rotatable bonds is 5. The molecule has 3 rings (SSSR count). The van der Waals surface area contributed by atoms with Gasteiger partial charge in [0, 0.05) is 19.4 Å². The lowest BCUT2D eigenvalue weighted by Gasteiger charge is -2.21. The lowest BCUT2D eigenvalue weighted by Crippen LogP contribution is -3.09. The fourth-order valence-corrected chi connectivity index (χ4v) is 3.49. The van der Waals surface area contributed by atoms with Crippen LogP contribution in [0.4, 0.5) is 4.79 Å². The van der Waals surface area contributed by atoms with E-state index in [1.165, 1.54) is 25.9 Å². The van der Waals surface area contributed by atoms with Gasteiger partial charge in [0.15, 0.2) is 0 Å². The smallest absolute Gasteiger partial charge is 0.410 e. The molecule has 0 spiro atoms. The van der Waals surface area contributed by atoms with E-state index in [0.29, 0.717) is 6.61 Å². The second-order valence-electron chi connectivity index (χ2n) is 6.53. The quantitative estimate of drug-likeness (QED) is 0.844. The number of hydrogen-bond donors (Lipinski definition) is 1. The number of carbonyl (C=O) groups excluding carboxylic acids is 1. The summed E-state index contributed by atoms with van der Waals surface area (Å²) in [6.07, 6.45) is 9.10. The van der Waals surface area contributed by atoms with Gasteiger partial charge >= 0.3 is 6.09 Å². The van der Waals surface area contributed by atoms with Crippen molar-refractivity contribution in [2.75, 3.05) is 26.2 Å². The minimum Gasteiger partial charge on any atom is -0.445 e. The summed E-state index contributed by atoms with van der Waals surface area (Å²) in [6, 6.07) is 10.1. The fraction of sp³-hybridized carbons (Fsp3) is 0.526. The summed E-state index contributed by atoms with van der Waals surface area (Å²) in [5.74, 6) is 0. The Balaban J connectivity index is 1.47. The second kappa shape index (κ2) is 8.16. The Morgan fingerprint density at radius 1 is 1.22 bits per heavy atom. The molecule has 4 nitrogen and oxygen atoms in total.